The molecule has 0 N–H and O–H groups in total. The molecule has 3 heterocycles. The van der Waals surface area contributed by atoms with Gasteiger partial charge in [-0.05, 0) is 31.4 Å². The molecule has 3 rings (SSSR count). The van der Waals surface area contributed by atoms with Crippen molar-refractivity contribution >= 4 is 11.6 Å². The summed E-state index contributed by atoms with van der Waals surface area (Å²) in [6.45, 7) is 0.859. The van der Waals surface area contributed by atoms with Gasteiger partial charge in [0.15, 0.2) is 5.65 Å². The Kier molecular flexibility index (Phi) is 3.64. The Morgan fingerprint density at radius 2 is 2.40 bits per heavy atom. The quantitative estimate of drug-likeness (QED) is 0.793. The Balaban J connectivity index is 1.81. The van der Waals surface area contributed by atoms with Crippen LogP contribution in [0, 0.1) is 0 Å². The molecule has 1 atom stereocenters. The molecular formula is C14H17N3O3. The molecule has 20 heavy (non-hydrogen) atoms. The van der Waals surface area contributed by atoms with Crippen LogP contribution in [0.4, 0.5) is 0 Å². The van der Waals surface area contributed by atoms with Crippen molar-refractivity contribution in [2.24, 2.45) is 0 Å². The van der Waals surface area contributed by atoms with E-state index in [9.17, 15) is 4.79 Å². The highest BCUT2D eigenvalue weighted by Gasteiger charge is 2.17. The molecule has 1 aliphatic rings. The van der Waals surface area contributed by atoms with Crippen molar-refractivity contribution in [2.75, 3.05) is 13.7 Å². The molecule has 6 heteroatoms. The maximum absolute atomic E-state index is 11.6. The van der Waals surface area contributed by atoms with Crippen LogP contribution in [0.5, 0.6) is 0 Å². The van der Waals surface area contributed by atoms with Gasteiger partial charge in [0.1, 0.15) is 5.82 Å². The van der Waals surface area contributed by atoms with Crippen LogP contribution >= 0.6 is 0 Å². The standard InChI is InChI=1S/C14H17N3O3/c1-19-14(18)10-4-6-12-15-16-13(17(12)9-10)7-5-11-3-2-8-20-11/h4,6,9,11H,2-3,5,7-8H2,1H3. The molecule has 0 spiro atoms. The predicted molar refractivity (Wildman–Crippen MR) is 71.6 cm³/mol. The van der Waals surface area contributed by atoms with Crippen molar-refractivity contribution in [1.29, 1.82) is 0 Å². The molecule has 1 unspecified atom stereocenters. The molecule has 0 amide bonds. The maximum atomic E-state index is 11.6. The summed E-state index contributed by atoms with van der Waals surface area (Å²) in [5.41, 5.74) is 1.23. The van der Waals surface area contributed by atoms with E-state index in [0.717, 1.165) is 43.8 Å². The molecule has 2 aromatic heterocycles. The van der Waals surface area contributed by atoms with Crippen molar-refractivity contribution in [1.82, 2.24) is 14.6 Å². The van der Waals surface area contributed by atoms with E-state index in [0.29, 0.717) is 11.7 Å². The number of carbonyl (C=O) groups is 1. The number of methoxy groups -OCH3 is 1. The number of pyridine rings is 1. The third-order valence-corrected chi connectivity index (χ3v) is 3.61. The molecule has 1 fully saturated rings. The molecule has 1 saturated heterocycles. The van der Waals surface area contributed by atoms with E-state index in [1.807, 2.05) is 4.40 Å². The van der Waals surface area contributed by atoms with E-state index < -0.39 is 0 Å². The Labute approximate surface area is 116 Å². The van der Waals surface area contributed by atoms with Gasteiger partial charge in [-0.25, -0.2) is 4.79 Å². The minimum Gasteiger partial charge on any atom is -0.465 e. The monoisotopic (exact) mass is 275 g/mol. The largest absolute Gasteiger partial charge is 0.465 e. The molecule has 0 bridgehead atoms. The fraction of sp³-hybridized carbons (Fsp3) is 0.500. The lowest BCUT2D eigenvalue weighted by Gasteiger charge is -2.08. The van der Waals surface area contributed by atoms with Crippen molar-refractivity contribution in [3.63, 3.8) is 0 Å². The van der Waals surface area contributed by atoms with Gasteiger partial charge >= 0.3 is 5.97 Å². The van der Waals surface area contributed by atoms with E-state index in [1.165, 1.54) is 7.11 Å². The van der Waals surface area contributed by atoms with Crippen molar-refractivity contribution in [3.8, 4) is 0 Å². The minimum atomic E-state index is -0.356. The highest BCUT2D eigenvalue weighted by atomic mass is 16.5. The normalized spacial score (nSPS) is 18.6. The summed E-state index contributed by atoms with van der Waals surface area (Å²) >= 11 is 0. The van der Waals surface area contributed by atoms with Gasteiger partial charge in [-0.2, -0.15) is 0 Å². The minimum absolute atomic E-state index is 0.325. The third kappa shape index (κ3) is 2.51. The van der Waals surface area contributed by atoms with Gasteiger partial charge in [0, 0.05) is 19.2 Å². The number of aryl methyl sites for hydroxylation is 1. The van der Waals surface area contributed by atoms with Crippen LogP contribution in [0.15, 0.2) is 18.3 Å². The van der Waals surface area contributed by atoms with Gasteiger partial charge in [-0.15, -0.1) is 10.2 Å². The zero-order valence-electron chi connectivity index (χ0n) is 11.4. The van der Waals surface area contributed by atoms with Gasteiger partial charge in [-0.3, -0.25) is 4.40 Å². The SMILES string of the molecule is COC(=O)c1ccc2nnc(CCC3CCCO3)n2c1. The summed E-state index contributed by atoms with van der Waals surface area (Å²) in [6.07, 6.45) is 6.03. The van der Waals surface area contributed by atoms with Crippen LogP contribution in [0.2, 0.25) is 0 Å². The summed E-state index contributed by atoms with van der Waals surface area (Å²) in [7, 11) is 1.37. The average Bonchev–Trinajstić information content (AvgIpc) is 3.13. The zero-order chi connectivity index (χ0) is 13.9. The molecule has 2 aromatic rings. The number of hydrogen-bond donors (Lipinski definition) is 0. The number of nitrogens with zero attached hydrogens (tertiary/aromatic N) is 3. The number of carbonyl (C=O) groups excluding carboxylic acids is 1. The number of ether oxygens (including phenoxy) is 2. The average molecular weight is 275 g/mol. The van der Waals surface area contributed by atoms with Crippen molar-refractivity contribution in [2.45, 2.75) is 31.8 Å². The second-order valence-corrected chi connectivity index (χ2v) is 4.93. The Hall–Kier alpha value is -1.95. The summed E-state index contributed by atoms with van der Waals surface area (Å²) in [4.78, 5) is 11.6. The van der Waals surface area contributed by atoms with Crippen LogP contribution in [0.1, 0.15) is 35.4 Å². The highest BCUT2D eigenvalue weighted by molar-refractivity contribution is 5.89. The molecule has 0 aromatic carbocycles. The summed E-state index contributed by atoms with van der Waals surface area (Å²) in [6, 6.07) is 3.47. The van der Waals surface area contributed by atoms with E-state index >= 15 is 0 Å². The predicted octanol–water partition coefficient (Wildman–Crippen LogP) is 1.63. The van der Waals surface area contributed by atoms with Crippen LogP contribution < -0.4 is 0 Å². The highest BCUT2D eigenvalue weighted by Crippen LogP contribution is 2.18. The van der Waals surface area contributed by atoms with E-state index in [-0.39, 0.29) is 5.97 Å². The van der Waals surface area contributed by atoms with Gasteiger partial charge in [0.05, 0.1) is 18.8 Å². The first-order valence-corrected chi connectivity index (χ1v) is 6.81. The number of rotatable bonds is 4. The van der Waals surface area contributed by atoms with Crippen molar-refractivity contribution < 1.29 is 14.3 Å². The molecule has 0 saturated carbocycles. The Bertz CT molecular complexity index is 617. The molecule has 0 aliphatic carbocycles. The number of hydrogen-bond acceptors (Lipinski definition) is 5. The third-order valence-electron chi connectivity index (χ3n) is 3.61. The summed E-state index contributed by atoms with van der Waals surface area (Å²) in [5.74, 6) is 0.493. The van der Waals surface area contributed by atoms with Crippen LogP contribution in [0.25, 0.3) is 5.65 Å². The lowest BCUT2D eigenvalue weighted by atomic mass is 10.1. The second-order valence-electron chi connectivity index (χ2n) is 4.93. The van der Waals surface area contributed by atoms with Crippen LogP contribution in [-0.2, 0) is 15.9 Å². The Morgan fingerprint density at radius 3 is 3.15 bits per heavy atom. The van der Waals surface area contributed by atoms with Crippen molar-refractivity contribution in [3.05, 3.63) is 29.7 Å². The van der Waals surface area contributed by atoms with Crippen LogP contribution in [-0.4, -0.2) is 40.4 Å². The van der Waals surface area contributed by atoms with Gasteiger partial charge in [0.2, 0.25) is 0 Å². The van der Waals surface area contributed by atoms with E-state index in [4.69, 9.17) is 9.47 Å². The fourth-order valence-electron chi connectivity index (χ4n) is 2.51. The molecule has 6 nitrogen and oxygen atoms in total. The molecular weight excluding hydrogens is 258 g/mol. The number of esters is 1. The molecule has 106 valence electrons. The smallest absolute Gasteiger partial charge is 0.339 e. The fourth-order valence-corrected chi connectivity index (χ4v) is 2.51. The molecule has 0 radical (unpaired) electrons. The lowest BCUT2D eigenvalue weighted by molar-refractivity contribution is 0.0600. The van der Waals surface area contributed by atoms with Gasteiger partial charge < -0.3 is 9.47 Å². The summed E-state index contributed by atoms with van der Waals surface area (Å²) < 4.78 is 12.2. The second kappa shape index (κ2) is 5.58. The topological polar surface area (TPSA) is 65.7 Å². The maximum Gasteiger partial charge on any atom is 0.339 e. The Morgan fingerprint density at radius 1 is 1.50 bits per heavy atom. The zero-order valence-corrected chi connectivity index (χ0v) is 11.4. The molecule has 1 aliphatic heterocycles. The lowest BCUT2D eigenvalue weighted by Crippen LogP contribution is -2.08. The van der Waals surface area contributed by atoms with Crippen LogP contribution in [0.3, 0.4) is 0 Å². The number of fused-ring (bicyclic) bond motifs is 1. The van der Waals surface area contributed by atoms with Gasteiger partial charge in [-0.1, -0.05) is 0 Å². The number of aromatic nitrogens is 3. The van der Waals surface area contributed by atoms with Gasteiger partial charge in [0.25, 0.3) is 0 Å². The first kappa shape index (κ1) is 13.1. The summed E-state index contributed by atoms with van der Waals surface area (Å²) in [5, 5.41) is 8.30. The first-order valence-electron chi connectivity index (χ1n) is 6.81. The first-order chi connectivity index (χ1) is 9.78. The van der Waals surface area contributed by atoms with E-state index in [1.54, 1.807) is 18.3 Å². The van der Waals surface area contributed by atoms with E-state index in [2.05, 4.69) is 10.2 Å².